The molecule has 0 fully saturated rings. The Morgan fingerprint density at radius 1 is 1.33 bits per heavy atom. The average molecular weight is 218 g/mol. The van der Waals surface area contributed by atoms with Crippen molar-refractivity contribution in [3.05, 3.63) is 30.1 Å². The van der Waals surface area contributed by atoms with Gasteiger partial charge in [0.15, 0.2) is 0 Å². The van der Waals surface area contributed by atoms with Gasteiger partial charge in [0.05, 0.1) is 5.92 Å². The third kappa shape index (κ3) is 3.87. The van der Waals surface area contributed by atoms with Crippen molar-refractivity contribution in [1.29, 1.82) is 0 Å². The summed E-state index contributed by atoms with van der Waals surface area (Å²) >= 11 is 0. The van der Waals surface area contributed by atoms with Gasteiger partial charge in [-0.25, -0.2) is 0 Å². The van der Waals surface area contributed by atoms with Crippen LogP contribution in [-0.2, 0) is 6.42 Å². The van der Waals surface area contributed by atoms with Crippen molar-refractivity contribution in [3.63, 3.8) is 0 Å². The minimum Gasteiger partial charge on any atom is -0.330 e. The Kier molecular flexibility index (Phi) is 4.08. The monoisotopic (exact) mass is 218 g/mol. The van der Waals surface area contributed by atoms with Crippen LogP contribution in [0.5, 0.6) is 0 Å². The van der Waals surface area contributed by atoms with Crippen LogP contribution in [0.25, 0.3) is 0 Å². The second-order valence-corrected chi connectivity index (χ2v) is 3.34. The van der Waals surface area contributed by atoms with Crippen LogP contribution in [0.1, 0.15) is 12.1 Å². The molecule has 1 atom stereocenters. The number of pyridine rings is 1. The van der Waals surface area contributed by atoms with Crippen molar-refractivity contribution >= 4 is 0 Å². The zero-order valence-electron chi connectivity index (χ0n) is 8.17. The summed E-state index contributed by atoms with van der Waals surface area (Å²) in [5.41, 5.74) is 5.61. The predicted octanol–water partition coefficient (Wildman–Crippen LogP) is 2.15. The molecule has 2 N–H and O–H groups in total. The van der Waals surface area contributed by atoms with Crippen LogP contribution >= 0.6 is 0 Å². The normalized spacial score (nSPS) is 13.9. The molecule has 1 aromatic rings. The van der Waals surface area contributed by atoms with Gasteiger partial charge in [-0.05, 0) is 25.1 Å². The number of halogens is 3. The van der Waals surface area contributed by atoms with Gasteiger partial charge in [-0.3, -0.25) is 4.98 Å². The Hall–Kier alpha value is -1.10. The number of nitrogens with zero attached hydrogens (tertiary/aromatic N) is 1. The largest absolute Gasteiger partial charge is 0.392 e. The highest BCUT2D eigenvalue weighted by atomic mass is 19.4. The van der Waals surface area contributed by atoms with Gasteiger partial charge < -0.3 is 5.73 Å². The van der Waals surface area contributed by atoms with Gasteiger partial charge in [0.25, 0.3) is 0 Å². The van der Waals surface area contributed by atoms with E-state index in [-0.39, 0.29) is 19.4 Å². The third-order valence-electron chi connectivity index (χ3n) is 2.16. The number of nitrogens with two attached hydrogens (primary N) is 1. The maximum Gasteiger partial charge on any atom is 0.392 e. The quantitative estimate of drug-likeness (QED) is 0.841. The van der Waals surface area contributed by atoms with Crippen LogP contribution in [-0.4, -0.2) is 17.7 Å². The van der Waals surface area contributed by atoms with Gasteiger partial charge in [-0.15, -0.1) is 0 Å². The molecule has 84 valence electrons. The summed E-state index contributed by atoms with van der Waals surface area (Å²) in [6.07, 6.45) is -2.86. The van der Waals surface area contributed by atoms with Crippen LogP contribution in [0.15, 0.2) is 24.4 Å². The third-order valence-corrected chi connectivity index (χ3v) is 2.16. The van der Waals surface area contributed by atoms with E-state index < -0.39 is 12.1 Å². The molecule has 1 heterocycles. The maximum atomic E-state index is 12.5. The van der Waals surface area contributed by atoms with Crippen LogP contribution in [0.2, 0.25) is 0 Å². The number of hydrogen-bond acceptors (Lipinski definition) is 2. The van der Waals surface area contributed by atoms with E-state index in [2.05, 4.69) is 4.98 Å². The summed E-state index contributed by atoms with van der Waals surface area (Å²) in [4.78, 5) is 3.87. The van der Waals surface area contributed by atoms with E-state index in [1.165, 1.54) is 6.20 Å². The number of aromatic nitrogens is 1. The maximum absolute atomic E-state index is 12.5. The Labute approximate surface area is 86.3 Å². The zero-order chi connectivity index (χ0) is 11.3. The van der Waals surface area contributed by atoms with E-state index >= 15 is 0 Å². The second kappa shape index (κ2) is 5.11. The molecule has 1 rings (SSSR count). The molecule has 1 unspecified atom stereocenters. The van der Waals surface area contributed by atoms with Gasteiger partial charge in [-0.2, -0.15) is 13.2 Å². The van der Waals surface area contributed by atoms with Crippen molar-refractivity contribution in [2.45, 2.75) is 19.0 Å². The first-order chi connectivity index (χ1) is 7.04. The van der Waals surface area contributed by atoms with Gasteiger partial charge in [0, 0.05) is 18.3 Å². The SMILES string of the molecule is NCCC(Cc1ccccn1)C(F)(F)F. The van der Waals surface area contributed by atoms with Crippen molar-refractivity contribution in [2.75, 3.05) is 6.54 Å². The smallest absolute Gasteiger partial charge is 0.330 e. The first-order valence-electron chi connectivity index (χ1n) is 4.70. The van der Waals surface area contributed by atoms with Gasteiger partial charge in [0.2, 0.25) is 0 Å². The lowest BCUT2D eigenvalue weighted by Gasteiger charge is -2.18. The highest BCUT2D eigenvalue weighted by Gasteiger charge is 2.38. The molecule has 2 nitrogen and oxygen atoms in total. The lowest BCUT2D eigenvalue weighted by atomic mass is 9.98. The predicted molar refractivity (Wildman–Crippen MR) is 51.2 cm³/mol. The van der Waals surface area contributed by atoms with Gasteiger partial charge in [-0.1, -0.05) is 6.07 Å². The minimum absolute atomic E-state index is 0.0387. The molecule has 0 saturated carbocycles. The molecule has 0 bridgehead atoms. The molecule has 1 aromatic heterocycles. The molecule has 0 aliphatic carbocycles. The summed E-state index contributed by atoms with van der Waals surface area (Å²) in [6.45, 7) is 0.0387. The van der Waals surface area contributed by atoms with Crippen LogP contribution in [0.3, 0.4) is 0 Å². The Morgan fingerprint density at radius 2 is 2.07 bits per heavy atom. The fourth-order valence-electron chi connectivity index (χ4n) is 1.35. The number of hydrogen-bond donors (Lipinski definition) is 1. The first kappa shape index (κ1) is 12.0. The Morgan fingerprint density at radius 3 is 2.53 bits per heavy atom. The van der Waals surface area contributed by atoms with Crippen molar-refractivity contribution < 1.29 is 13.2 Å². The molecule has 15 heavy (non-hydrogen) atoms. The molecular formula is C10H13F3N2. The molecule has 0 radical (unpaired) electrons. The van der Waals surface area contributed by atoms with Crippen LogP contribution < -0.4 is 5.73 Å². The summed E-state index contributed by atoms with van der Waals surface area (Å²) in [5, 5.41) is 0. The fourth-order valence-corrected chi connectivity index (χ4v) is 1.35. The van der Waals surface area contributed by atoms with Crippen LogP contribution in [0.4, 0.5) is 13.2 Å². The van der Waals surface area contributed by atoms with E-state index in [0.29, 0.717) is 5.69 Å². The molecular weight excluding hydrogens is 205 g/mol. The van der Waals surface area contributed by atoms with E-state index in [9.17, 15) is 13.2 Å². The Balaban J connectivity index is 2.67. The minimum atomic E-state index is -4.20. The molecule has 0 aromatic carbocycles. The van der Waals surface area contributed by atoms with E-state index in [0.717, 1.165) is 0 Å². The lowest BCUT2D eigenvalue weighted by Crippen LogP contribution is -2.27. The standard InChI is InChI=1S/C10H13F3N2/c11-10(12,13)8(4-5-14)7-9-3-1-2-6-15-9/h1-3,6,8H,4-5,7,14H2. The van der Waals surface area contributed by atoms with E-state index in [1.54, 1.807) is 18.2 Å². The first-order valence-corrected chi connectivity index (χ1v) is 4.70. The van der Waals surface area contributed by atoms with E-state index in [1.807, 2.05) is 0 Å². The average Bonchev–Trinajstić information content (AvgIpc) is 2.17. The molecule has 0 saturated heterocycles. The van der Waals surface area contributed by atoms with Gasteiger partial charge in [0.1, 0.15) is 0 Å². The van der Waals surface area contributed by atoms with Crippen molar-refractivity contribution in [2.24, 2.45) is 11.7 Å². The summed E-state index contributed by atoms with van der Waals surface area (Å²) in [5.74, 6) is -1.39. The Bertz CT molecular complexity index is 284. The zero-order valence-corrected chi connectivity index (χ0v) is 8.17. The summed E-state index contributed by atoms with van der Waals surface area (Å²) in [7, 11) is 0. The molecule has 5 heteroatoms. The van der Waals surface area contributed by atoms with Crippen molar-refractivity contribution in [1.82, 2.24) is 4.98 Å². The lowest BCUT2D eigenvalue weighted by molar-refractivity contribution is -0.175. The van der Waals surface area contributed by atoms with E-state index in [4.69, 9.17) is 5.73 Å². The fraction of sp³-hybridized carbons (Fsp3) is 0.500. The van der Waals surface area contributed by atoms with Crippen molar-refractivity contribution in [3.8, 4) is 0 Å². The van der Waals surface area contributed by atoms with Crippen LogP contribution in [0, 0.1) is 5.92 Å². The number of alkyl halides is 3. The summed E-state index contributed by atoms with van der Waals surface area (Å²) < 4.78 is 37.5. The molecule has 0 spiro atoms. The topological polar surface area (TPSA) is 38.9 Å². The molecule has 0 aliphatic rings. The number of rotatable bonds is 4. The molecule has 0 amide bonds. The summed E-state index contributed by atoms with van der Waals surface area (Å²) in [6, 6.07) is 4.95. The molecule has 0 aliphatic heterocycles. The van der Waals surface area contributed by atoms with Gasteiger partial charge >= 0.3 is 6.18 Å². The highest BCUT2D eigenvalue weighted by molar-refractivity contribution is 5.04. The second-order valence-electron chi connectivity index (χ2n) is 3.34. The highest BCUT2D eigenvalue weighted by Crippen LogP contribution is 2.30.